The Hall–Kier alpha value is -1.28. The smallest absolute Gasteiger partial charge is 0.268 e. The number of phosphoric ester groups is 1. The van der Waals surface area contributed by atoms with E-state index in [4.69, 9.17) is 9.05 Å². The average molecular weight is 1050 g/mol. The Balaban J connectivity index is 4.12. The zero-order valence-corrected chi connectivity index (χ0v) is 50.3. The van der Waals surface area contributed by atoms with Crippen molar-refractivity contribution < 1.29 is 32.9 Å². The van der Waals surface area contributed by atoms with E-state index in [0.717, 1.165) is 44.9 Å². The molecule has 2 N–H and O–H groups in total. The number of hydrogen-bond donors (Lipinski definition) is 2. The fraction of sp³-hybridized carbons (Fsp3) is 0.891. The summed E-state index contributed by atoms with van der Waals surface area (Å²) in [5.74, 6) is -0.205. The van der Waals surface area contributed by atoms with Crippen LogP contribution in [-0.2, 0) is 18.4 Å². The lowest BCUT2D eigenvalue weighted by Crippen LogP contribution is -2.45. The largest absolute Gasteiger partial charge is 0.756 e. The number of phosphoric acid groups is 1. The van der Waals surface area contributed by atoms with Gasteiger partial charge in [0.2, 0.25) is 5.91 Å². The predicted molar refractivity (Wildman–Crippen MR) is 316 cm³/mol. The van der Waals surface area contributed by atoms with Crippen LogP contribution in [0.25, 0.3) is 0 Å². The highest BCUT2D eigenvalue weighted by atomic mass is 31.2. The number of aliphatic hydroxyl groups is 1. The maximum Gasteiger partial charge on any atom is 0.268 e. The van der Waals surface area contributed by atoms with Gasteiger partial charge in [0.1, 0.15) is 13.2 Å². The lowest BCUT2D eigenvalue weighted by Gasteiger charge is -2.29. The summed E-state index contributed by atoms with van der Waals surface area (Å²) < 4.78 is 23.4. The van der Waals surface area contributed by atoms with Crippen LogP contribution in [0.5, 0.6) is 0 Å². The van der Waals surface area contributed by atoms with Gasteiger partial charge in [0, 0.05) is 6.42 Å². The first-order chi connectivity index (χ1) is 35.5. The van der Waals surface area contributed by atoms with Crippen LogP contribution in [0.3, 0.4) is 0 Å². The van der Waals surface area contributed by atoms with Crippen molar-refractivity contribution in [3.63, 3.8) is 0 Å². The van der Waals surface area contributed by atoms with Gasteiger partial charge in [-0.15, -0.1) is 0 Å². The molecule has 0 radical (unpaired) electrons. The molecule has 0 aromatic heterocycles. The van der Waals surface area contributed by atoms with Crippen molar-refractivity contribution in [2.45, 2.75) is 328 Å². The highest BCUT2D eigenvalue weighted by molar-refractivity contribution is 7.45. The number of quaternary nitrogens is 1. The zero-order valence-electron chi connectivity index (χ0n) is 49.4. The van der Waals surface area contributed by atoms with Gasteiger partial charge in [0.05, 0.1) is 39.9 Å². The van der Waals surface area contributed by atoms with Crippen LogP contribution >= 0.6 is 7.82 Å². The number of nitrogens with zero attached hydrogens (tertiary/aromatic N) is 1. The molecule has 0 fully saturated rings. The molecule has 0 spiro atoms. The minimum atomic E-state index is -4.61. The first-order valence-corrected chi connectivity index (χ1v) is 33.3. The van der Waals surface area contributed by atoms with Gasteiger partial charge in [-0.2, -0.15) is 0 Å². The Kier molecular flexibility index (Phi) is 54.5. The van der Waals surface area contributed by atoms with Gasteiger partial charge in [0.15, 0.2) is 0 Å². The molecule has 0 saturated carbocycles. The number of aliphatic hydroxyl groups excluding tert-OH is 1. The van der Waals surface area contributed by atoms with E-state index in [0.29, 0.717) is 17.4 Å². The third-order valence-corrected chi connectivity index (χ3v) is 15.5. The summed E-state index contributed by atoms with van der Waals surface area (Å²) in [7, 11) is 1.25. The van der Waals surface area contributed by atoms with Gasteiger partial charge in [0.25, 0.3) is 7.82 Å². The topological polar surface area (TPSA) is 108 Å². The van der Waals surface area contributed by atoms with E-state index < -0.39 is 26.6 Å². The number of likely N-dealkylation sites (N-methyl/N-ethyl adjacent to an activating group) is 1. The molecule has 9 heteroatoms. The van der Waals surface area contributed by atoms with Crippen LogP contribution < -0.4 is 10.2 Å². The monoisotopic (exact) mass is 1050 g/mol. The second-order valence-electron chi connectivity index (χ2n) is 23.1. The Bertz CT molecular complexity index is 1280. The van der Waals surface area contributed by atoms with E-state index in [1.54, 1.807) is 6.08 Å². The summed E-state index contributed by atoms with van der Waals surface area (Å²) in [6.07, 6.45) is 72.5. The maximum atomic E-state index is 13.0. The molecule has 1 amide bonds. The summed E-state index contributed by atoms with van der Waals surface area (Å²) in [6.45, 7) is 4.67. The van der Waals surface area contributed by atoms with Crippen molar-refractivity contribution >= 4 is 13.7 Å². The number of hydrogen-bond acceptors (Lipinski definition) is 6. The molecular formula is C64H125N2O6P. The molecule has 3 atom stereocenters. The van der Waals surface area contributed by atoms with Crippen LogP contribution in [-0.4, -0.2) is 68.5 Å². The highest BCUT2D eigenvalue weighted by Crippen LogP contribution is 2.38. The van der Waals surface area contributed by atoms with E-state index >= 15 is 0 Å². The first-order valence-electron chi connectivity index (χ1n) is 31.9. The van der Waals surface area contributed by atoms with E-state index in [-0.39, 0.29) is 12.5 Å². The second kappa shape index (κ2) is 55.5. The molecule has 0 bridgehead atoms. The molecule has 8 nitrogen and oxygen atoms in total. The van der Waals surface area contributed by atoms with Crippen LogP contribution in [0.1, 0.15) is 316 Å². The number of unbranched alkanes of at least 4 members (excludes halogenated alkanes) is 42. The summed E-state index contributed by atoms with van der Waals surface area (Å²) in [5, 5.41) is 13.9. The van der Waals surface area contributed by atoms with Gasteiger partial charge < -0.3 is 28.8 Å². The molecule has 0 aliphatic rings. The average Bonchev–Trinajstić information content (AvgIpc) is 3.35. The molecule has 73 heavy (non-hydrogen) atoms. The van der Waals surface area contributed by atoms with E-state index in [1.165, 1.54) is 250 Å². The summed E-state index contributed by atoms with van der Waals surface area (Å²) >= 11 is 0. The molecular weight excluding hydrogens is 924 g/mol. The predicted octanol–water partition coefficient (Wildman–Crippen LogP) is 19.1. The lowest BCUT2D eigenvalue weighted by molar-refractivity contribution is -0.870. The number of nitrogens with one attached hydrogen (secondary N) is 1. The number of carbonyl (C=O) groups excluding carboxylic acids is 1. The van der Waals surface area contributed by atoms with E-state index in [9.17, 15) is 19.4 Å². The van der Waals surface area contributed by atoms with Crippen LogP contribution in [0.15, 0.2) is 36.5 Å². The van der Waals surface area contributed by atoms with Crippen molar-refractivity contribution in [2.24, 2.45) is 0 Å². The van der Waals surface area contributed by atoms with Crippen molar-refractivity contribution in [3.8, 4) is 0 Å². The summed E-state index contributed by atoms with van der Waals surface area (Å²) in [4.78, 5) is 25.5. The molecule has 0 aliphatic carbocycles. The van der Waals surface area contributed by atoms with Crippen molar-refractivity contribution in [2.75, 3.05) is 40.9 Å². The first kappa shape index (κ1) is 71.7. The van der Waals surface area contributed by atoms with Gasteiger partial charge in [-0.3, -0.25) is 9.36 Å². The Labute approximate surface area is 455 Å². The van der Waals surface area contributed by atoms with Crippen molar-refractivity contribution in [3.05, 3.63) is 36.5 Å². The molecule has 0 aliphatic heterocycles. The van der Waals surface area contributed by atoms with Crippen LogP contribution in [0.2, 0.25) is 0 Å². The van der Waals surface area contributed by atoms with Crippen molar-refractivity contribution in [1.82, 2.24) is 5.32 Å². The number of rotatable bonds is 59. The molecule has 0 aromatic carbocycles. The Morgan fingerprint density at radius 2 is 0.767 bits per heavy atom. The lowest BCUT2D eigenvalue weighted by atomic mass is 10.0. The standard InChI is InChI=1S/C64H125N2O6P/c1-6-8-10-12-14-16-18-20-22-24-26-28-29-30-31-32-33-34-35-36-38-40-42-44-46-48-50-52-54-56-58-64(68)65-62(61-72-73(69,70)71-60-59-66(3,4)5)63(67)57-55-53-51-49-47-45-43-41-39-37-27-25-23-21-19-17-15-13-11-9-7-2/h39,41,47,49,55,57,62-63,67H,6-38,40,42-46,48,50-54,56,58-61H2,1-5H3,(H-,65,68,69,70)/b41-39+,49-47+,57-55+. The Morgan fingerprint density at radius 3 is 1.11 bits per heavy atom. The van der Waals surface area contributed by atoms with Gasteiger partial charge >= 0.3 is 0 Å². The minimum Gasteiger partial charge on any atom is -0.756 e. The fourth-order valence-electron chi connectivity index (χ4n) is 9.60. The number of carbonyl (C=O) groups is 1. The van der Waals surface area contributed by atoms with Crippen LogP contribution in [0.4, 0.5) is 0 Å². The molecule has 0 rings (SSSR count). The Morgan fingerprint density at radius 1 is 0.466 bits per heavy atom. The zero-order chi connectivity index (χ0) is 53.5. The second-order valence-corrected chi connectivity index (χ2v) is 24.5. The molecule has 3 unspecified atom stereocenters. The number of amides is 1. The van der Waals surface area contributed by atoms with Crippen LogP contribution in [0, 0.1) is 0 Å². The SMILES string of the molecule is CCCCCCCCCCCCC/C=C/CC/C=C/CC/C=C/C(O)C(COP(=O)([O-])OCC[N+](C)(C)C)NC(=O)CCCCCCCCCCCCCCCCCCCCCCCCCCCCCCCC. The van der Waals surface area contributed by atoms with Gasteiger partial charge in [-0.05, 0) is 44.9 Å². The summed E-state index contributed by atoms with van der Waals surface area (Å²) in [6, 6.07) is -0.908. The van der Waals surface area contributed by atoms with Crippen molar-refractivity contribution in [1.29, 1.82) is 0 Å². The van der Waals surface area contributed by atoms with E-state index in [2.05, 4.69) is 43.5 Å². The minimum absolute atomic E-state index is 0.00725. The molecule has 0 aromatic rings. The fourth-order valence-corrected chi connectivity index (χ4v) is 10.3. The molecule has 432 valence electrons. The van der Waals surface area contributed by atoms with E-state index in [1.807, 2.05) is 27.2 Å². The van der Waals surface area contributed by atoms with Gasteiger partial charge in [-0.1, -0.05) is 301 Å². The number of allylic oxidation sites excluding steroid dienone is 5. The maximum absolute atomic E-state index is 13.0. The molecule has 0 saturated heterocycles. The normalized spacial score (nSPS) is 14.0. The third-order valence-electron chi connectivity index (χ3n) is 14.6. The third kappa shape index (κ3) is 58.2. The molecule has 0 heterocycles. The summed E-state index contributed by atoms with van der Waals surface area (Å²) in [5.41, 5.74) is 0. The quantitative estimate of drug-likeness (QED) is 0.0272. The van der Waals surface area contributed by atoms with Gasteiger partial charge in [-0.25, -0.2) is 0 Å². The highest BCUT2D eigenvalue weighted by Gasteiger charge is 2.23.